The molecule has 0 spiro atoms. The number of nitrogens with zero attached hydrogens (tertiary/aromatic N) is 3. The summed E-state index contributed by atoms with van der Waals surface area (Å²) >= 11 is 0. The third-order valence-electron chi connectivity index (χ3n) is 5.31. The predicted octanol–water partition coefficient (Wildman–Crippen LogP) is 1.87. The van der Waals surface area contributed by atoms with Crippen molar-refractivity contribution in [1.29, 1.82) is 0 Å². The minimum atomic E-state index is -0.102. The van der Waals surface area contributed by atoms with Crippen LogP contribution in [0.2, 0.25) is 0 Å². The van der Waals surface area contributed by atoms with Crippen LogP contribution in [0, 0.1) is 0 Å². The zero-order valence-electron chi connectivity index (χ0n) is 15.3. The van der Waals surface area contributed by atoms with Gasteiger partial charge in [0.05, 0.1) is 12.1 Å². The number of amides is 2. The number of hydrogen-bond acceptors (Lipinski definition) is 4. The van der Waals surface area contributed by atoms with E-state index in [1.807, 2.05) is 23.1 Å². The molecule has 1 aromatic carbocycles. The zero-order chi connectivity index (χ0) is 18.6. The van der Waals surface area contributed by atoms with Gasteiger partial charge in [0.15, 0.2) is 0 Å². The molecule has 1 fully saturated rings. The van der Waals surface area contributed by atoms with Crippen molar-refractivity contribution in [2.45, 2.75) is 25.3 Å². The number of anilines is 1. The van der Waals surface area contributed by atoms with Crippen molar-refractivity contribution in [3.8, 4) is 0 Å². The fraction of sp³-hybridized carbons (Fsp3) is 0.381. The third kappa shape index (κ3) is 4.01. The van der Waals surface area contributed by atoms with Gasteiger partial charge in [-0.25, -0.2) is 0 Å². The topological polar surface area (TPSA) is 65.5 Å². The summed E-state index contributed by atoms with van der Waals surface area (Å²) in [6.45, 7) is 2.74. The molecule has 3 heterocycles. The van der Waals surface area contributed by atoms with Crippen LogP contribution in [-0.2, 0) is 11.2 Å². The maximum absolute atomic E-state index is 12.8. The lowest BCUT2D eigenvalue weighted by atomic mass is 10.1. The van der Waals surface area contributed by atoms with Crippen LogP contribution >= 0.6 is 0 Å². The van der Waals surface area contributed by atoms with Gasteiger partial charge in [-0.3, -0.25) is 19.5 Å². The largest absolute Gasteiger partial charge is 0.348 e. The highest BCUT2D eigenvalue weighted by atomic mass is 16.2. The Morgan fingerprint density at radius 2 is 2.04 bits per heavy atom. The van der Waals surface area contributed by atoms with Crippen molar-refractivity contribution in [3.05, 3.63) is 59.9 Å². The van der Waals surface area contributed by atoms with Gasteiger partial charge in [-0.2, -0.15) is 0 Å². The van der Waals surface area contributed by atoms with Gasteiger partial charge < -0.3 is 10.2 Å². The second-order valence-corrected chi connectivity index (χ2v) is 7.21. The Kier molecular flexibility index (Phi) is 5.16. The lowest BCUT2D eigenvalue weighted by Gasteiger charge is -2.33. The molecule has 2 amide bonds. The number of fused-ring (bicyclic) bond motifs is 1. The van der Waals surface area contributed by atoms with E-state index >= 15 is 0 Å². The number of aromatic nitrogens is 1. The summed E-state index contributed by atoms with van der Waals surface area (Å²) in [5.74, 6) is 0.0360. The van der Waals surface area contributed by atoms with E-state index in [0.717, 1.165) is 38.0 Å². The lowest BCUT2D eigenvalue weighted by molar-refractivity contribution is -0.119. The summed E-state index contributed by atoms with van der Waals surface area (Å²) in [7, 11) is 0. The molecule has 2 aliphatic heterocycles. The summed E-state index contributed by atoms with van der Waals surface area (Å²) < 4.78 is 0. The van der Waals surface area contributed by atoms with Gasteiger partial charge in [-0.05, 0) is 49.6 Å². The smallest absolute Gasteiger partial charge is 0.253 e. The van der Waals surface area contributed by atoms with Gasteiger partial charge in [0.1, 0.15) is 0 Å². The van der Waals surface area contributed by atoms with Crippen LogP contribution in [0.25, 0.3) is 0 Å². The number of benzene rings is 1. The lowest BCUT2D eigenvalue weighted by Crippen LogP contribution is -2.50. The summed E-state index contributed by atoms with van der Waals surface area (Å²) in [5, 5.41) is 3.08. The number of carbonyl (C=O) groups is 2. The van der Waals surface area contributed by atoms with E-state index in [1.165, 1.54) is 5.56 Å². The summed E-state index contributed by atoms with van der Waals surface area (Å²) in [6, 6.07) is 11.7. The quantitative estimate of drug-likeness (QED) is 0.899. The fourth-order valence-corrected chi connectivity index (χ4v) is 3.96. The molecule has 1 saturated heterocycles. The molecule has 0 bridgehead atoms. The number of hydrogen-bond donors (Lipinski definition) is 1. The van der Waals surface area contributed by atoms with Crippen molar-refractivity contribution in [2.75, 3.05) is 31.1 Å². The minimum absolute atomic E-state index is 0.0603. The third-order valence-corrected chi connectivity index (χ3v) is 5.31. The van der Waals surface area contributed by atoms with E-state index in [0.29, 0.717) is 18.7 Å². The molecule has 1 atom stereocenters. The van der Waals surface area contributed by atoms with Crippen molar-refractivity contribution in [3.63, 3.8) is 0 Å². The van der Waals surface area contributed by atoms with E-state index in [-0.39, 0.29) is 17.9 Å². The second kappa shape index (κ2) is 7.88. The second-order valence-electron chi connectivity index (χ2n) is 7.21. The number of piperidine rings is 1. The Morgan fingerprint density at radius 3 is 2.89 bits per heavy atom. The molecular weight excluding hydrogens is 340 g/mol. The van der Waals surface area contributed by atoms with Crippen molar-refractivity contribution in [1.82, 2.24) is 15.2 Å². The van der Waals surface area contributed by atoms with Gasteiger partial charge in [-0.1, -0.05) is 18.2 Å². The van der Waals surface area contributed by atoms with Gasteiger partial charge in [0, 0.05) is 37.2 Å². The molecule has 2 aromatic rings. The van der Waals surface area contributed by atoms with E-state index in [4.69, 9.17) is 0 Å². The standard InChI is InChI=1S/C21H24N4O2/c26-20(25-12-9-16-5-1-2-8-19(16)25)15-24-11-4-7-18(14-24)23-21(27)17-6-3-10-22-13-17/h1-3,5-6,8,10,13,18H,4,7,9,11-12,14-15H2,(H,23,27). The van der Waals surface area contributed by atoms with Crippen LogP contribution < -0.4 is 10.2 Å². The first kappa shape index (κ1) is 17.7. The first-order valence-electron chi connectivity index (χ1n) is 9.52. The molecule has 0 aliphatic carbocycles. The molecule has 0 radical (unpaired) electrons. The number of likely N-dealkylation sites (tertiary alicyclic amines) is 1. The van der Waals surface area contributed by atoms with Gasteiger partial charge in [-0.15, -0.1) is 0 Å². The molecule has 6 heteroatoms. The van der Waals surface area contributed by atoms with E-state index in [1.54, 1.807) is 24.5 Å². The van der Waals surface area contributed by atoms with Crippen LogP contribution in [0.15, 0.2) is 48.8 Å². The molecule has 1 N–H and O–H groups in total. The van der Waals surface area contributed by atoms with Crippen LogP contribution in [0.4, 0.5) is 5.69 Å². The Labute approximate surface area is 159 Å². The Bertz CT molecular complexity index is 824. The van der Waals surface area contributed by atoms with Crippen molar-refractivity contribution < 1.29 is 9.59 Å². The number of carbonyl (C=O) groups excluding carboxylic acids is 2. The van der Waals surface area contributed by atoms with Crippen LogP contribution in [-0.4, -0.2) is 53.9 Å². The normalized spacial score (nSPS) is 19.6. The predicted molar refractivity (Wildman–Crippen MR) is 104 cm³/mol. The highest BCUT2D eigenvalue weighted by Crippen LogP contribution is 2.27. The fourth-order valence-electron chi connectivity index (χ4n) is 3.96. The van der Waals surface area contributed by atoms with E-state index in [9.17, 15) is 9.59 Å². The SMILES string of the molecule is O=C(NC1CCCN(CC(=O)N2CCc3ccccc32)C1)c1cccnc1. The zero-order valence-corrected chi connectivity index (χ0v) is 15.3. The monoisotopic (exact) mass is 364 g/mol. The number of rotatable bonds is 4. The maximum atomic E-state index is 12.8. The Balaban J connectivity index is 1.34. The molecule has 6 nitrogen and oxygen atoms in total. The molecule has 0 saturated carbocycles. The average Bonchev–Trinajstić information content (AvgIpc) is 3.13. The van der Waals surface area contributed by atoms with Crippen LogP contribution in [0.3, 0.4) is 0 Å². The number of pyridine rings is 1. The molecular formula is C21H24N4O2. The van der Waals surface area contributed by atoms with Crippen LogP contribution in [0.5, 0.6) is 0 Å². The summed E-state index contributed by atoms with van der Waals surface area (Å²) in [4.78, 5) is 33.2. The first-order valence-corrected chi connectivity index (χ1v) is 9.52. The minimum Gasteiger partial charge on any atom is -0.348 e. The van der Waals surface area contributed by atoms with Gasteiger partial charge in [0.2, 0.25) is 5.91 Å². The average molecular weight is 364 g/mol. The molecule has 4 rings (SSSR count). The van der Waals surface area contributed by atoms with Crippen molar-refractivity contribution >= 4 is 17.5 Å². The molecule has 27 heavy (non-hydrogen) atoms. The maximum Gasteiger partial charge on any atom is 0.253 e. The van der Waals surface area contributed by atoms with Crippen molar-refractivity contribution in [2.24, 2.45) is 0 Å². The van der Waals surface area contributed by atoms with E-state index < -0.39 is 0 Å². The number of para-hydroxylation sites is 1. The molecule has 1 aromatic heterocycles. The highest BCUT2D eigenvalue weighted by Gasteiger charge is 2.28. The van der Waals surface area contributed by atoms with Crippen LogP contribution in [0.1, 0.15) is 28.8 Å². The molecule has 1 unspecified atom stereocenters. The van der Waals surface area contributed by atoms with Gasteiger partial charge >= 0.3 is 0 Å². The molecule has 2 aliphatic rings. The molecule has 140 valence electrons. The Morgan fingerprint density at radius 1 is 1.15 bits per heavy atom. The Hall–Kier alpha value is -2.73. The summed E-state index contributed by atoms with van der Waals surface area (Å²) in [6.07, 6.45) is 6.06. The summed E-state index contributed by atoms with van der Waals surface area (Å²) in [5.41, 5.74) is 2.85. The highest BCUT2D eigenvalue weighted by molar-refractivity contribution is 5.97. The van der Waals surface area contributed by atoms with Gasteiger partial charge in [0.25, 0.3) is 5.91 Å². The number of nitrogens with one attached hydrogen (secondary N) is 1. The van der Waals surface area contributed by atoms with E-state index in [2.05, 4.69) is 21.3 Å². The first-order chi connectivity index (χ1) is 13.2.